The first-order chi connectivity index (χ1) is 9.21. The van der Waals surface area contributed by atoms with E-state index in [1.165, 1.54) is 4.90 Å². The van der Waals surface area contributed by atoms with Crippen molar-refractivity contribution < 1.29 is 9.59 Å². The normalized spacial score (nSPS) is 21.8. The van der Waals surface area contributed by atoms with Gasteiger partial charge in [-0.05, 0) is 18.9 Å². The van der Waals surface area contributed by atoms with E-state index in [1.807, 2.05) is 0 Å². The lowest BCUT2D eigenvalue weighted by molar-refractivity contribution is -0.141. The number of nitrogens with zero attached hydrogens (tertiary/aromatic N) is 3. The molecule has 1 saturated heterocycles. The quantitative estimate of drug-likeness (QED) is 0.863. The van der Waals surface area contributed by atoms with Crippen LogP contribution in [0, 0.1) is 5.41 Å². The molecule has 3 amide bonds. The van der Waals surface area contributed by atoms with Crippen LogP contribution < -0.4 is 5.32 Å². The first kappa shape index (κ1) is 12.1. The Morgan fingerprint density at radius 1 is 1.21 bits per heavy atom. The molecule has 0 unspecified atom stereocenters. The standard InChI is InChI=1S/C13H16N4O2/c18-11-13(4-1-2-5-13)9-16-12(19)17(11)8-10-14-6-3-7-15-10/h3,6-7H,1-2,4-5,8-9H2,(H,16,19). The number of urea groups is 1. The van der Waals surface area contributed by atoms with Crippen LogP contribution in [-0.4, -0.2) is 33.4 Å². The molecule has 1 spiro atoms. The van der Waals surface area contributed by atoms with Gasteiger partial charge in [0.15, 0.2) is 0 Å². The highest BCUT2D eigenvalue weighted by Crippen LogP contribution is 2.41. The van der Waals surface area contributed by atoms with Crippen molar-refractivity contribution in [3.63, 3.8) is 0 Å². The highest BCUT2D eigenvalue weighted by Gasteiger charge is 2.48. The number of amides is 3. The summed E-state index contributed by atoms with van der Waals surface area (Å²) in [5.74, 6) is 0.419. The first-order valence-corrected chi connectivity index (χ1v) is 6.57. The van der Waals surface area contributed by atoms with E-state index in [9.17, 15) is 9.59 Å². The number of hydrogen-bond acceptors (Lipinski definition) is 4. The van der Waals surface area contributed by atoms with Crippen LogP contribution in [0.4, 0.5) is 4.79 Å². The van der Waals surface area contributed by atoms with Crippen LogP contribution in [0.1, 0.15) is 31.5 Å². The van der Waals surface area contributed by atoms with Crippen molar-refractivity contribution in [2.24, 2.45) is 5.41 Å². The molecule has 6 nitrogen and oxygen atoms in total. The fourth-order valence-corrected chi connectivity index (χ4v) is 2.93. The number of rotatable bonds is 2. The van der Waals surface area contributed by atoms with Gasteiger partial charge in [0, 0.05) is 18.9 Å². The van der Waals surface area contributed by atoms with Crippen LogP contribution in [0.15, 0.2) is 18.5 Å². The minimum Gasteiger partial charge on any atom is -0.337 e. The van der Waals surface area contributed by atoms with Gasteiger partial charge in [-0.25, -0.2) is 14.8 Å². The molecule has 100 valence electrons. The molecule has 3 rings (SSSR count). The summed E-state index contributed by atoms with van der Waals surface area (Å²) < 4.78 is 0. The Kier molecular flexibility index (Phi) is 2.93. The molecule has 0 aromatic carbocycles. The summed E-state index contributed by atoms with van der Waals surface area (Å²) in [7, 11) is 0. The Balaban J connectivity index is 1.82. The van der Waals surface area contributed by atoms with Gasteiger partial charge in [0.1, 0.15) is 5.82 Å². The molecule has 1 saturated carbocycles. The Labute approximate surface area is 111 Å². The molecule has 0 radical (unpaired) electrons. The molecule has 0 atom stereocenters. The molecule has 0 bridgehead atoms. The van der Waals surface area contributed by atoms with E-state index in [1.54, 1.807) is 18.5 Å². The SMILES string of the molecule is O=C1NCC2(CCCC2)C(=O)N1Cc1ncccn1. The summed E-state index contributed by atoms with van der Waals surface area (Å²) >= 11 is 0. The summed E-state index contributed by atoms with van der Waals surface area (Å²) in [6.07, 6.45) is 7.05. The Morgan fingerprint density at radius 2 is 1.89 bits per heavy atom. The number of imide groups is 1. The molecular weight excluding hydrogens is 244 g/mol. The summed E-state index contributed by atoms with van der Waals surface area (Å²) in [5.41, 5.74) is -0.386. The van der Waals surface area contributed by atoms with Gasteiger partial charge in [0.25, 0.3) is 0 Å². The highest BCUT2D eigenvalue weighted by atomic mass is 16.2. The summed E-state index contributed by atoms with van der Waals surface area (Å²) in [4.78, 5) is 33.9. The molecule has 2 heterocycles. The maximum absolute atomic E-state index is 12.6. The van der Waals surface area contributed by atoms with Crippen molar-refractivity contribution in [1.29, 1.82) is 0 Å². The zero-order valence-electron chi connectivity index (χ0n) is 10.6. The largest absolute Gasteiger partial charge is 0.337 e. The zero-order valence-corrected chi connectivity index (χ0v) is 10.6. The third-order valence-corrected chi connectivity index (χ3v) is 4.00. The lowest BCUT2D eigenvalue weighted by Crippen LogP contribution is -2.59. The Morgan fingerprint density at radius 3 is 2.58 bits per heavy atom. The number of carbonyl (C=O) groups excluding carboxylic acids is 2. The van der Waals surface area contributed by atoms with E-state index in [0.29, 0.717) is 12.4 Å². The lowest BCUT2D eigenvalue weighted by atomic mass is 9.83. The molecule has 2 fully saturated rings. The van der Waals surface area contributed by atoms with Crippen molar-refractivity contribution in [2.75, 3.05) is 6.54 Å². The van der Waals surface area contributed by atoms with E-state index in [-0.39, 0.29) is 23.9 Å². The monoisotopic (exact) mass is 260 g/mol. The van der Waals surface area contributed by atoms with Gasteiger partial charge in [-0.2, -0.15) is 0 Å². The smallest absolute Gasteiger partial charge is 0.324 e. The Bertz CT molecular complexity index is 497. The summed E-state index contributed by atoms with van der Waals surface area (Å²) in [6, 6.07) is 1.37. The van der Waals surface area contributed by atoms with E-state index in [4.69, 9.17) is 0 Å². The molecule has 1 aliphatic carbocycles. The predicted molar refractivity (Wildman–Crippen MR) is 66.9 cm³/mol. The predicted octanol–water partition coefficient (Wildman–Crippen LogP) is 1.09. The van der Waals surface area contributed by atoms with Gasteiger partial charge < -0.3 is 5.32 Å². The topological polar surface area (TPSA) is 75.2 Å². The second-order valence-corrected chi connectivity index (χ2v) is 5.20. The fourth-order valence-electron chi connectivity index (χ4n) is 2.93. The lowest BCUT2D eigenvalue weighted by Gasteiger charge is -2.38. The van der Waals surface area contributed by atoms with Gasteiger partial charge in [0.05, 0.1) is 12.0 Å². The minimum absolute atomic E-state index is 0.0683. The average Bonchev–Trinajstić information content (AvgIpc) is 2.91. The van der Waals surface area contributed by atoms with Gasteiger partial charge in [-0.15, -0.1) is 0 Å². The summed E-state index contributed by atoms with van der Waals surface area (Å²) in [5, 5.41) is 2.83. The van der Waals surface area contributed by atoms with E-state index < -0.39 is 0 Å². The molecule has 1 aromatic heterocycles. The van der Waals surface area contributed by atoms with E-state index in [0.717, 1.165) is 25.7 Å². The van der Waals surface area contributed by atoms with Crippen molar-refractivity contribution in [2.45, 2.75) is 32.2 Å². The fraction of sp³-hybridized carbons (Fsp3) is 0.538. The number of hydrogen-bond donors (Lipinski definition) is 1. The van der Waals surface area contributed by atoms with Crippen molar-refractivity contribution in [1.82, 2.24) is 20.2 Å². The highest BCUT2D eigenvalue weighted by molar-refractivity contribution is 6.00. The molecule has 6 heteroatoms. The molecule has 19 heavy (non-hydrogen) atoms. The number of carbonyl (C=O) groups is 2. The van der Waals surface area contributed by atoms with Crippen molar-refractivity contribution in [3.8, 4) is 0 Å². The first-order valence-electron chi connectivity index (χ1n) is 6.57. The van der Waals surface area contributed by atoms with Gasteiger partial charge in [0.2, 0.25) is 5.91 Å². The third kappa shape index (κ3) is 2.07. The van der Waals surface area contributed by atoms with Crippen molar-refractivity contribution in [3.05, 3.63) is 24.3 Å². The maximum atomic E-state index is 12.6. The summed E-state index contributed by atoms with van der Waals surface area (Å²) in [6.45, 7) is 0.615. The van der Waals surface area contributed by atoms with Crippen LogP contribution in [0.2, 0.25) is 0 Å². The molecule has 2 aliphatic rings. The molecule has 1 N–H and O–H groups in total. The van der Waals surface area contributed by atoms with Crippen LogP contribution >= 0.6 is 0 Å². The maximum Gasteiger partial charge on any atom is 0.324 e. The second-order valence-electron chi connectivity index (χ2n) is 5.20. The van der Waals surface area contributed by atoms with Gasteiger partial charge in [-0.1, -0.05) is 12.8 Å². The van der Waals surface area contributed by atoms with Crippen molar-refractivity contribution >= 4 is 11.9 Å². The molecule has 1 aliphatic heterocycles. The Hall–Kier alpha value is -1.98. The van der Waals surface area contributed by atoms with E-state index in [2.05, 4.69) is 15.3 Å². The third-order valence-electron chi connectivity index (χ3n) is 4.00. The van der Waals surface area contributed by atoms with Crippen LogP contribution in [-0.2, 0) is 11.3 Å². The molecule has 1 aromatic rings. The number of nitrogens with one attached hydrogen (secondary N) is 1. The zero-order chi connectivity index (χ0) is 13.3. The molecular formula is C13H16N4O2. The minimum atomic E-state index is -0.386. The average molecular weight is 260 g/mol. The van der Waals surface area contributed by atoms with Crippen LogP contribution in [0.3, 0.4) is 0 Å². The van der Waals surface area contributed by atoms with Gasteiger partial charge in [-0.3, -0.25) is 9.69 Å². The second kappa shape index (κ2) is 4.60. The van der Waals surface area contributed by atoms with Crippen LogP contribution in [0.5, 0.6) is 0 Å². The number of aromatic nitrogens is 2. The van der Waals surface area contributed by atoms with Gasteiger partial charge >= 0.3 is 6.03 Å². The van der Waals surface area contributed by atoms with Crippen LogP contribution in [0.25, 0.3) is 0 Å². The van der Waals surface area contributed by atoms with E-state index >= 15 is 0 Å².